The highest BCUT2D eigenvalue weighted by atomic mass is 32.2. The average molecular weight is 317 g/mol. The Morgan fingerprint density at radius 3 is 2.50 bits per heavy atom. The monoisotopic (exact) mass is 317 g/mol. The van der Waals surface area contributed by atoms with Gasteiger partial charge in [0.2, 0.25) is 0 Å². The van der Waals surface area contributed by atoms with E-state index in [1.807, 2.05) is 44.2 Å². The molecule has 0 saturated heterocycles. The third-order valence-electron chi connectivity index (χ3n) is 3.89. The van der Waals surface area contributed by atoms with E-state index in [2.05, 4.69) is 11.9 Å². The van der Waals surface area contributed by atoms with Crippen LogP contribution in [0.25, 0.3) is 0 Å². The van der Waals surface area contributed by atoms with Gasteiger partial charge in [-0.15, -0.1) is 0 Å². The Kier molecular flexibility index (Phi) is 5.72. The van der Waals surface area contributed by atoms with Crippen molar-refractivity contribution in [3.8, 4) is 5.75 Å². The zero-order valence-corrected chi connectivity index (χ0v) is 14.4. The van der Waals surface area contributed by atoms with E-state index in [0.717, 1.165) is 34.6 Å². The summed E-state index contributed by atoms with van der Waals surface area (Å²) in [6.07, 6.45) is 2.64. The number of ether oxygens (including phenoxy) is 1. The summed E-state index contributed by atoms with van der Waals surface area (Å²) < 4.78 is 18.2. The number of hydrogen-bond acceptors (Lipinski definition) is 3. The SMILES string of the molecule is CC[C@H](c1ccccc1)[S@](=O)Cc1ncc(C)c(OC)c1C. The first-order valence-corrected chi connectivity index (χ1v) is 8.87. The van der Waals surface area contributed by atoms with E-state index in [9.17, 15) is 4.21 Å². The summed E-state index contributed by atoms with van der Waals surface area (Å²) in [6, 6.07) is 10.1. The molecule has 1 aromatic heterocycles. The third kappa shape index (κ3) is 3.55. The number of methoxy groups -OCH3 is 1. The standard InChI is InChI=1S/C18H23NO2S/c1-5-17(15-9-7-6-8-10-15)22(20)12-16-14(3)18(21-4)13(2)11-19-16/h6-11,17H,5,12H2,1-4H3/t17-,22-/m1/s1. The van der Waals surface area contributed by atoms with Gasteiger partial charge in [-0.1, -0.05) is 37.3 Å². The van der Waals surface area contributed by atoms with Crippen molar-refractivity contribution < 1.29 is 8.95 Å². The van der Waals surface area contributed by atoms with Crippen LogP contribution in [0.1, 0.15) is 41.0 Å². The van der Waals surface area contributed by atoms with Gasteiger partial charge >= 0.3 is 0 Å². The molecule has 22 heavy (non-hydrogen) atoms. The second kappa shape index (κ2) is 7.54. The maximum absolute atomic E-state index is 12.8. The second-order valence-corrected chi connectivity index (χ2v) is 7.00. The Morgan fingerprint density at radius 1 is 1.23 bits per heavy atom. The lowest BCUT2D eigenvalue weighted by molar-refractivity contribution is 0.407. The van der Waals surface area contributed by atoms with Crippen LogP contribution < -0.4 is 4.74 Å². The Bertz CT molecular complexity index is 656. The molecule has 0 radical (unpaired) electrons. The van der Waals surface area contributed by atoms with Crippen LogP contribution in [-0.2, 0) is 16.6 Å². The van der Waals surface area contributed by atoms with Crippen LogP contribution in [-0.4, -0.2) is 16.3 Å². The lowest BCUT2D eigenvalue weighted by atomic mass is 10.1. The molecule has 1 aromatic carbocycles. The Hall–Kier alpha value is -1.68. The highest BCUT2D eigenvalue weighted by Gasteiger charge is 2.19. The molecule has 4 heteroatoms. The summed E-state index contributed by atoms with van der Waals surface area (Å²) in [5.74, 6) is 1.30. The van der Waals surface area contributed by atoms with E-state index in [1.54, 1.807) is 13.3 Å². The summed E-state index contributed by atoms with van der Waals surface area (Å²) in [5, 5.41) is 0.0368. The highest BCUT2D eigenvalue weighted by molar-refractivity contribution is 7.84. The van der Waals surface area contributed by atoms with Crippen LogP contribution in [0.3, 0.4) is 0 Å². The summed E-state index contributed by atoms with van der Waals surface area (Å²) in [6.45, 7) is 6.03. The zero-order valence-electron chi connectivity index (χ0n) is 13.6. The molecule has 118 valence electrons. The van der Waals surface area contributed by atoms with Crippen LogP contribution in [0.5, 0.6) is 5.75 Å². The predicted molar refractivity (Wildman–Crippen MR) is 91.6 cm³/mol. The van der Waals surface area contributed by atoms with Crippen molar-refractivity contribution in [1.29, 1.82) is 0 Å². The molecule has 0 unspecified atom stereocenters. The first-order chi connectivity index (χ1) is 10.6. The van der Waals surface area contributed by atoms with Gasteiger partial charge in [-0.25, -0.2) is 0 Å². The molecule has 0 aliphatic carbocycles. The molecule has 0 N–H and O–H groups in total. The minimum atomic E-state index is -1.00. The molecule has 3 nitrogen and oxygen atoms in total. The molecular weight excluding hydrogens is 294 g/mol. The van der Waals surface area contributed by atoms with Crippen LogP contribution >= 0.6 is 0 Å². The normalized spacial score (nSPS) is 13.6. The van der Waals surface area contributed by atoms with E-state index >= 15 is 0 Å². The maximum Gasteiger partial charge on any atom is 0.128 e. The van der Waals surface area contributed by atoms with Gasteiger partial charge in [-0.2, -0.15) is 0 Å². The molecule has 0 spiro atoms. The van der Waals surface area contributed by atoms with E-state index in [4.69, 9.17) is 4.74 Å². The Balaban J connectivity index is 2.25. The summed E-state index contributed by atoms with van der Waals surface area (Å²) in [4.78, 5) is 4.46. The van der Waals surface area contributed by atoms with E-state index in [1.165, 1.54) is 0 Å². The number of pyridine rings is 1. The first-order valence-electron chi connectivity index (χ1n) is 7.49. The molecule has 0 saturated carbocycles. The third-order valence-corrected chi connectivity index (χ3v) is 5.69. The first kappa shape index (κ1) is 16.7. The quantitative estimate of drug-likeness (QED) is 0.805. The van der Waals surface area contributed by atoms with E-state index in [-0.39, 0.29) is 5.25 Å². The number of aryl methyl sites for hydroxylation is 1. The topological polar surface area (TPSA) is 39.2 Å². The van der Waals surface area contributed by atoms with Gasteiger partial charge in [0.15, 0.2) is 0 Å². The van der Waals surface area contributed by atoms with Gasteiger partial charge in [0, 0.05) is 28.1 Å². The number of aromatic nitrogens is 1. The fraction of sp³-hybridized carbons (Fsp3) is 0.389. The molecule has 0 aliphatic heterocycles. The van der Waals surface area contributed by atoms with Crippen LogP contribution in [0.15, 0.2) is 36.5 Å². The summed E-state index contributed by atoms with van der Waals surface area (Å²) in [5.41, 5.74) is 3.97. The molecule has 0 amide bonds. The molecule has 2 aromatic rings. The Morgan fingerprint density at radius 2 is 1.91 bits per heavy atom. The fourth-order valence-electron chi connectivity index (χ4n) is 2.69. The lowest BCUT2D eigenvalue weighted by Crippen LogP contribution is -2.10. The molecular formula is C18H23NO2S. The molecule has 0 fully saturated rings. The van der Waals surface area contributed by atoms with Gasteiger partial charge in [-0.05, 0) is 25.8 Å². The minimum absolute atomic E-state index is 0.0368. The fourth-order valence-corrected chi connectivity index (χ4v) is 4.29. The zero-order chi connectivity index (χ0) is 16.1. The predicted octanol–water partition coefficient (Wildman–Crippen LogP) is 4.11. The number of nitrogens with zero attached hydrogens (tertiary/aromatic N) is 1. The van der Waals surface area contributed by atoms with E-state index < -0.39 is 10.8 Å². The maximum atomic E-state index is 12.8. The van der Waals surface area contributed by atoms with Gasteiger partial charge in [0.25, 0.3) is 0 Å². The number of rotatable bonds is 6. The number of hydrogen-bond donors (Lipinski definition) is 0. The number of benzene rings is 1. The van der Waals surface area contributed by atoms with Crippen molar-refractivity contribution in [1.82, 2.24) is 4.98 Å². The Labute approximate surface area is 135 Å². The van der Waals surface area contributed by atoms with Crippen LogP contribution in [0.4, 0.5) is 0 Å². The molecule has 0 aliphatic rings. The van der Waals surface area contributed by atoms with Crippen molar-refractivity contribution in [3.63, 3.8) is 0 Å². The average Bonchev–Trinajstić information content (AvgIpc) is 2.52. The molecule has 1 heterocycles. The van der Waals surface area contributed by atoms with Crippen molar-refractivity contribution in [2.45, 2.75) is 38.2 Å². The van der Waals surface area contributed by atoms with E-state index in [0.29, 0.717) is 5.75 Å². The van der Waals surface area contributed by atoms with Crippen LogP contribution in [0.2, 0.25) is 0 Å². The molecule has 0 bridgehead atoms. The van der Waals surface area contributed by atoms with Gasteiger partial charge < -0.3 is 4.74 Å². The smallest absolute Gasteiger partial charge is 0.128 e. The van der Waals surface area contributed by atoms with Crippen molar-refractivity contribution in [2.24, 2.45) is 0 Å². The van der Waals surface area contributed by atoms with Crippen molar-refractivity contribution in [3.05, 3.63) is 58.9 Å². The lowest BCUT2D eigenvalue weighted by Gasteiger charge is -2.17. The van der Waals surface area contributed by atoms with Crippen LogP contribution in [0, 0.1) is 13.8 Å². The molecule has 2 atom stereocenters. The van der Waals surface area contributed by atoms with Gasteiger partial charge in [0.1, 0.15) is 5.75 Å². The van der Waals surface area contributed by atoms with Crippen molar-refractivity contribution in [2.75, 3.05) is 7.11 Å². The summed E-state index contributed by atoms with van der Waals surface area (Å²) in [7, 11) is 0.657. The van der Waals surface area contributed by atoms with Crippen molar-refractivity contribution >= 4 is 10.8 Å². The van der Waals surface area contributed by atoms with Gasteiger partial charge in [-0.3, -0.25) is 9.19 Å². The highest BCUT2D eigenvalue weighted by Crippen LogP contribution is 2.29. The minimum Gasteiger partial charge on any atom is -0.496 e. The van der Waals surface area contributed by atoms with Gasteiger partial charge in [0.05, 0.1) is 23.8 Å². The molecule has 2 rings (SSSR count). The summed E-state index contributed by atoms with van der Waals surface area (Å²) >= 11 is 0. The largest absolute Gasteiger partial charge is 0.496 e. The second-order valence-electron chi connectivity index (χ2n) is 5.38.